The second-order valence-electron chi connectivity index (χ2n) is 5.57. The Kier molecular flexibility index (Phi) is 5.33. The molecule has 1 aromatic rings. The minimum absolute atomic E-state index is 0.212. The van der Waals surface area contributed by atoms with Crippen molar-refractivity contribution in [2.45, 2.75) is 31.9 Å². The molecule has 1 aromatic heterocycles. The number of piperidine rings is 1. The first kappa shape index (κ1) is 15.9. The van der Waals surface area contributed by atoms with E-state index in [0.29, 0.717) is 32.7 Å². The van der Waals surface area contributed by atoms with Gasteiger partial charge in [-0.25, -0.2) is 0 Å². The molecule has 0 aliphatic carbocycles. The van der Waals surface area contributed by atoms with Crippen LogP contribution in [0.3, 0.4) is 0 Å². The van der Waals surface area contributed by atoms with Gasteiger partial charge in [0, 0.05) is 39.0 Å². The quantitative estimate of drug-likeness (QED) is 0.649. The number of aromatic nitrogens is 2. The van der Waals surface area contributed by atoms with Gasteiger partial charge in [-0.3, -0.25) is 9.89 Å². The van der Waals surface area contributed by atoms with Gasteiger partial charge in [0.05, 0.1) is 12.3 Å². The van der Waals surface area contributed by atoms with Gasteiger partial charge in [0.15, 0.2) is 5.60 Å². The number of carbonyl (C=O) groups is 1. The maximum atomic E-state index is 12.4. The Balaban J connectivity index is 1.86. The SMILES string of the molecule is COCCN1CCC[C@](O)(CNCc2cc(C)[nH]n2)C1=O. The summed E-state index contributed by atoms with van der Waals surface area (Å²) in [4.78, 5) is 14.0. The van der Waals surface area contributed by atoms with Crippen LogP contribution in [0.2, 0.25) is 0 Å². The van der Waals surface area contributed by atoms with E-state index in [-0.39, 0.29) is 12.5 Å². The molecule has 0 radical (unpaired) electrons. The van der Waals surface area contributed by atoms with E-state index in [2.05, 4.69) is 15.5 Å². The van der Waals surface area contributed by atoms with E-state index < -0.39 is 5.60 Å². The largest absolute Gasteiger partial charge is 0.383 e. The van der Waals surface area contributed by atoms with Gasteiger partial charge in [-0.05, 0) is 25.8 Å². The molecule has 0 spiro atoms. The van der Waals surface area contributed by atoms with E-state index in [1.165, 1.54) is 0 Å². The van der Waals surface area contributed by atoms with Crippen LogP contribution < -0.4 is 5.32 Å². The molecule has 0 saturated carbocycles. The predicted molar refractivity (Wildman–Crippen MR) is 77.7 cm³/mol. The van der Waals surface area contributed by atoms with Gasteiger partial charge in [-0.1, -0.05) is 0 Å². The standard InChI is InChI=1S/C14H24N4O3/c1-11-8-12(17-16-11)9-15-10-14(20)4-3-5-18(13(14)19)6-7-21-2/h8,15,20H,3-7,9-10H2,1-2H3,(H,16,17)/t14-/m0/s1. The topological polar surface area (TPSA) is 90.5 Å². The smallest absolute Gasteiger partial charge is 0.255 e. The highest BCUT2D eigenvalue weighted by atomic mass is 16.5. The van der Waals surface area contributed by atoms with Crippen molar-refractivity contribution in [3.63, 3.8) is 0 Å². The van der Waals surface area contributed by atoms with E-state index in [1.807, 2.05) is 13.0 Å². The molecular formula is C14H24N4O3. The first-order valence-electron chi connectivity index (χ1n) is 7.27. The van der Waals surface area contributed by atoms with E-state index in [4.69, 9.17) is 4.74 Å². The Morgan fingerprint density at radius 3 is 3.10 bits per heavy atom. The summed E-state index contributed by atoms with van der Waals surface area (Å²) in [5.41, 5.74) is 0.540. The molecule has 1 saturated heterocycles. The number of rotatable bonds is 7. The number of carbonyl (C=O) groups excluding carboxylic acids is 1. The molecule has 2 heterocycles. The van der Waals surface area contributed by atoms with Crippen molar-refractivity contribution in [1.29, 1.82) is 0 Å². The number of aromatic amines is 1. The number of amides is 1. The second kappa shape index (κ2) is 7.02. The highest BCUT2D eigenvalue weighted by Crippen LogP contribution is 2.22. The Morgan fingerprint density at radius 1 is 1.62 bits per heavy atom. The zero-order valence-electron chi connectivity index (χ0n) is 12.7. The summed E-state index contributed by atoms with van der Waals surface area (Å²) < 4.78 is 5.00. The van der Waals surface area contributed by atoms with Gasteiger partial charge in [0.2, 0.25) is 0 Å². The van der Waals surface area contributed by atoms with Crippen molar-refractivity contribution < 1.29 is 14.6 Å². The van der Waals surface area contributed by atoms with Gasteiger partial charge >= 0.3 is 0 Å². The Labute approximate surface area is 124 Å². The van der Waals surface area contributed by atoms with Crippen LogP contribution in [0.1, 0.15) is 24.2 Å². The number of H-pyrrole nitrogens is 1. The lowest BCUT2D eigenvalue weighted by Gasteiger charge is -2.38. The fraction of sp³-hybridized carbons (Fsp3) is 0.714. The number of hydrogen-bond donors (Lipinski definition) is 3. The molecule has 7 nitrogen and oxygen atoms in total. The monoisotopic (exact) mass is 296 g/mol. The first-order valence-corrected chi connectivity index (χ1v) is 7.27. The summed E-state index contributed by atoms with van der Waals surface area (Å²) in [7, 11) is 1.61. The minimum atomic E-state index is -1.32. The van der Waals surface area contributed by atoms with Gasteiger partial charge in [0.25, 0.3) is 5.91 Å². The Morgan fingerprint density at radius 2 is 2.43 bits per heavy atom. The van der Waals surface area contributed by atoms with Crippen LogP contribution in [0, 0.1) is 6.92 Å². The molecule has 0 aromatic carbocycles. The van der Waals surface area contributed by atoms with Gasteiger partial charge in [0.1, 0.15) is 0 Å². The van der Waals surface area contributed by atoms with E-state index in [9.17, 15) is 9.90 Å². The highest BCUT2D eigenvalue weighted by Gasteiger charge is 2.41. The third-order valence-corrected chi connectivity index (χ3v) is 3.75. The zero-order chi connectivity index (χ0) is 15.3. The number of aliphatic hydroxyl groups is 1. The van der Waals surface area contributed by atoms with Crippen LogP contribution >= 0.6 is 0 Å². The number of likely N-dealkylation sites (tertiary alicyclic amines) is 1. The molecular weight excluding hydrogens is 272 g/mol. The normalized spacial score (nSPS) is 22.8. The van der Waals surface area contributed by atoms with Crippen molar-refractivity contribution in [2.24, 2.45) is 0 Å². The van der Waals surface area contributed by atoms with Gasteiger partial charge in [-0.15, -0.1) is 0 Å². The van der Waals surface area contributed by atoms with Crippen molar-refractivity contribution >= 4 is 5.91 Å². The van der Waals surface area contributed by atoms with Crippen LogP contribution in [0.5, 0.6) is 0 Å². The maximum absolute atomic E-state index is 12.4. The summed E-state index contributed by atoms with van der Waals surface area (Å²) in [6.45, 7) is 4.39. The van der Waals surface area contributed by atoms with Gasteiger partial charge < -0.3 is 20.1 Å². The van der Waals surface area contributed by atoms with Crippen molar-refractivity contribution in [3.8, 4) is 0 Å². The Bertz CT molecular complexity index is 477. The highest BCUT2D eigenvalue weighted by molar-refractivity contribution is 5.86. The number of methoxy groups -OCH3 is 1. The minimum Gasteiger partial charge on any atom is -0.383 e. The number of aryl methyl sites for hydroxylation is 1. The Hall–Kier alpha value is -1.44. The zero-order valence-corrected chi connectivity index (χ0v) is 12.7. The molecule has 7 heteroatoms. The molecule has 21 heavy (non-hydrogen) atoms. The van der Waals surface area contributed by atoms with E-state index >= 15 is 0 Å². The van der Waals surface area contributed by atoms with Crippen molar-refractivity contribution in [1.82, 2.24) is 20.4 Å². The molecule has 118 valence electrons. The lowest BCUT2D eigenvalue weighted by molar-refractivity contribution is -0.157. The number of nitrogens with one attached hydrogen (secondary N) is 2. The van der Waals surface area contributed by atoms with E-state index in [1.54, 1.807) is 12.0 Å². The van der Waals surface area contributed by atoms with E-state index in [0.717, 1.165) is 17.8 Å². The summed E-state index contributed by atoms with van der Waals surface area (Å²) in [6, 6.07) is 1.94. The third kappa shape index (κ3) is 4.03. The average Bonchev–Trinajstić information content (AvgIpc) is 2.86. The lowest BCUT2D eigenvalue weighted by Crippen LogP contribution is -2.58. The molecule has 1 aliphatic rings. The molecule has 1 aliphatic heterocycles. The van der Waals surface area contributed by atoms with Crippen LogP contribution in [0.15, 0.2) is 6.07 Å². The summed E-state index contributed by atoms with van der Waals surface area (Å²) in [5, 5.41) is 20.7. The van der Waals surface area contributed by atoms with Crippen LogP contribution in [0.25, 0.3) is 0 Å². The van der Waals surface area contributed by atoms with Crippen molar-refractivity contribution in [3.05, 3.63) is 17.5 Å². The molecule has 0 unspecified atom stereocenters. The molecule has 1 amide bonds. The number of ether oxygens (including phenoxy) is 1. The molecule has 1 atom stereocenters. The first-order chi connectivity index (χ1) is 10.0. The summed E-state index contributed by atoms with van der Waals surface area (Å²) in [5.74, 6) is -0.212. The molecule has 1 fully saturated rings. The van der Waals surface area contributed by atoms with Gasteiger partial charge in [-0.2, -0.15) is 5.10 Å². The molecule has 2 rings (SSSR count). The molecule has 0 bridgehead atoms. The van der Waals surface area contributed by atoms with Crippen LogP contribution in [-0.2, 0) is 16.1 Å². The summed E-state index contributed by atoms with van der Waals surface area (Å²) >= 11 is 0. The van der Waals surface area contributed by atoms with Crippen LogP contribution in [0.4, 0.5) is 0 Å². The fourth-order valence-corrected chi connectivity index (χ4v) is 2.61. The average molecular weight is 296 g/mol. The third-order valence-electron chi connectivity index (χ3n) is 3.75. The summed E-state index contributed by atoms with van der Waals surface area (Å²) in [6.07, 6.45) is 1.29. The maximum Gasteiger partial charge on any atom is 0.255 e. The lowest BCUT2D eigenvalue weighted by atomic mass is 9.91. The van der Waals surface area contributed by atoms with Crippen molar-refractivity contribution in [2.75, 3.05) is 33.4 Å². The van der Waals surface area contributed by atoms with Crippen LogP contribution in [-0.4, -0.2) is 65.1 Å². The number of nitrogens with zero attached hydrogens (tertiary/aromatic N) is 2. The second-order valence-corrected chi connectivity index (χ2v) is 5.57. The number of hydrogen-bond acceptors (Lipinski definition) is 5. The molecule has 3 N–H and O–H groups in total. The predicted octanol–water partition coefficient (Wildman–Crippen LogP) is -0.192. The fourth-order valence-electron chi connectivity index (χ4n) is 2.61.